The maximum Gasteiger partial charge on any atom is 0.242 e. The van der Waals surface area contributed by atoms with E-state index in [0.717, 1.165) is 0 Å². The molecule has 1 aliphatic rings. The number of carbonyl (C=O) groups is 1. The Morgan fingerprint density at radius 1 is 1.35 bits per heavy atom. The maximum absolute atomic E-state index is 12.0. The molecule has 1 N–H and O–H groups in total. The topological polar surface area (TPSA) is 74.7 Å². The van der Waals surface area contributed by atoms with Crippen molar-refractivity contribution < 1.29 is 18.3 Å². The van der Waals surface area contributed by atoms with Gasteiger partial charge in [-0.15, -0.1) is 11.6 Å². The number of amides is 1. The molecule has 5 nitrogen and oxygen atoms in total. The van der Waals surface area contributed by atoms with Crippen LogP contribution in [0.2, 0.25) is 5.02 Å². The zero-order valence-corrected chi connectivity index (χ0v) is 12.7. The van der Waals surface area contributed by atoms with Crippen LogP contribution in [0.15, 0.2) is 24.3 Å². The number of anilines is 1. The number of carbonyl (C=O) groups excluding carboxylic acids is 1. The third-order valence-electron chi connectivity index (χ3n) is 3.12. The van der Waals surface area contributed by atoms with Crippen LogP contribution < -0.4 is 4.90 Å². The SMILES string of the molecule is O=C(CCl)N(c1ccccc1Cl)[C@H]1CS(=O)(=O)C[C@@H]1O. The molecule has 110 valence electrons. The predicted octanol–water partition coefficient (Wildman–Crippen LogP) is 1.07. The molecule has 1 heterocycles. The molecule has 1 aromatic carbocycles. The number of para-hydroxylation sites is 1. The van der Waals surface area contributed by atoms with E-state index in [9.17, 15) is 18.3 Å². The molecule has 1 aromatic rings. The van der Waals surface area contributed by atoms with Gasteiger partial charge in [0.2, 0.25) is 5.91 Å². The fourth-order valence-electron chi connectivity index (χ4n) is 2.27. The molecule has 0 bridgehead atoms. The van der Waals surface area contributed by atoms with Crippen molar-refractivity contribution in [2.24, 2.45) is 0 Å². The van der Waals surface area contributed by atoms with Crippen molar-refractivity contribution in [2.75, 3.05) is 22.3 Å². The lowest BCUT2D eigenvalue weighted by Gasteiger charge is -2.30. The second kappa shape index (κ2) is 5.89. The monoisotopic (exact) mass is 337 g/mol. The Hall–Kier alpha value is -0.820. The molecule has 0 aliphatic carbocycles. The van der Waals surface area contributed by atoms with E-state index in [1.54, 1.807) is 24.3 Å². The summed E-state index contributed by atoms with van der Waals surface area (Å²) < 4.78 is 23.2. The minimum atomic E-state index is -3.38. The molecule has 1 saturated heterocycles. The molecule has 0 aromatic heterocycles. The van der Waals surface area contributed by atoms with Gasteiger partial charge >= 0.3 is 0 Å². The van der Waals surface area contributed by atoms with Crippen molar-refractivity contribution >= 4 is 44.6 Å². The van der Waals surface area contributed by atoms with Crippen LogP contribution in [0.5, 0.6) is 0 Å². The molecular weight excluding hydrogens is 325 g/mol. The fourth-order valence-corrected chi connectivity index (χ4v) is 4.39. The highest BCUT2D eigenvalue weighted by molar-refractivity contribution is 7.91. The third kappa shape index (κ3) is 3.09. The highest BCUT2D eigenvalue weighted by Crippen LogP contribution is 2.31. The summed E-state index contributed by atoms with van der Waals surface area (Å²) in [5.41, 5.74) is 0.348. The number of rotatable bonds is 3. The molecular formula is C12H13Cl2NO4S. The van der Waals surface area contributed by atoms with E-state index in [2.05, 4.69) is 0 Å². The van der Waals surface area contributed by atoms with Crippen LogP contribution in [0.3, 0.4) is 0 Å². The standard InChI is InChI=1S/C12H13Cl2NO4S/c13-5-12(17)15(9-4-2-1-3-8(9)14)10-6-20(18,19)7-11(10)16/h1-4,10-11,16H,5-7H2/t10-,11-/m0/s1. The van der Waals surface area contributed by atoms with Crippen molar-refractivity contribution in [1.29, 1.82) is 0 Å². The highest BCUT2D eigenvalue weighted by Gasteiger charge is 2.42. The third-order valence-corrected chi connectivity index (χ3v) is 5.37. The Bertz CT molecular complexity index is 620. The highest BCUT2D eigenvalue weighted by atomic mass is 35.5. The summed E-state index contributed by atoms with van der Waals surface area (Å²) in [6.45, 7) is 0. The quantitative estimate of drug-likeness (QED) is 0.837. The van der Waals surface area contributed by atoms with Crippen molar-refractivity contribution in [2.45, 2.75) is 12.1 Å². The van der Waals surface area contributed by atoms with Crippen LogP contribution >= 0.6 is 23.2 Å². The van der Waals surface area contributed by atoms with Crippen LogP contribution in [0.25, 0.3) is 0 Å². The van der Waals surface area contributed by atoms with Crippen molar-refractivity contribution in [1.82, 2.24) is 0 Å². The smallest absolute Gasteiger partial charge is 0.242 e. The van der Waals surface area contributed by atoms with Crippen LogP contribution in [-0.4, -0.2) is 49.0 Å². The van der Waals surface area contributed by atoms with Gasteiger partial charge in [-0.05, 0) is 12.1 Å². The summed E-state index contributed by atoms with van der Waals surface area (Å²) in [4.78, 5) is 13.2. The Balaban J connectivity index is 2.45. The van der Waals surface area contributed by atoms with E-state index in [1.807, 2.05) is 0 Å². The largest absolute Gasteiger partial charge is 0.390 e. The number of aliphatic hydroxyl groups is 1. The minimum absolute atomic E-state index is 0.294. The molecule has 1 amide bonds. The average Bonchev–Trinajstić information content (AvgIpc) is 2.65. The van der Waals surface area contributed by atoms with Crippen molar-refractivity contribution in [3.05, 3.63) is 29.3 Å². The van der Waals surface area contributed by atoms with Gasteiger partial charge in [0, 0.05) is 0 Å². The number of halogens is 2. The Morgan fingerprint density at radius 3 is 2.50 bits per heavy atom. The molecule has 0 unspecified atom stereocenters. The fraction of sp³-hybridized carbons (Fsp3) is 0.417. The lowest BCUT2D eigenvalue weighted by molar-refractivity contribution is -0.117. The van der Waals surface area contributed by atoms with Crippen LogP contribution in [0, 0.1) is 0 Å². The number of hydrogen-bond acceptors (Lipinski definition) is 4. The zero-order chi connectivity index (χ0) is 14.9. The van der Waals surface area contributed by atoms with Gasteiger partial charge in [-0.3, -0.25) is 4.79 Å². The Kier molecular flexibility index (Phi) is 4.59. The van der Waals surface area contributed by atoms with Crippen molar-refractivity contribution in [3.8, 4) is 0 Å². The maximum atomic E-state index is 12.0. The molecule has 0 spiro atoms. The van der Waals surface area contributed by atoms with Gasteiger partial charge in [-0.25, -0.2) is 8.42 Å². The van der Waals surface area contributed by atoms with Crippen LogP contribution in [-0.2, 0) is 14.6 Å². The molecule has 2 rings (SSSR count). The van der Waals surface area contributed by atoms with E-state index in [1.165, 1.54) is 4.90 Å². The first-order chi connectivity index (χ1) is 9.35. The second-order valence-corrected chi connectivity index (χ2v) is 7.39. The summed E-state index contributed by atoms with van der Waals surface area (Å²) in [5, 5.41) is 10.2. The summed E-state index contributed by atoms with van der Waals surface area (Å²) >= 11 is 11.6. The van der Waals surface area contributed by atoms with Gasteiger partial charge in [-0.2, -0.15) is 0 Å². The molecule has 1 aliphatic heterocycles. The number of alkyl halides is 1. The molecule has 2 atom stereocenters. The molecule has 1 fully saturated rings. The number of aliphatic hydroxyl groups excluding tert-OH is 1. The Labute approximate surface area is 127 Å². The van der Waals surface area contributed by atoms with Crippen molar-refractivity contribution in [3.63, 3.8) is 0 Å². The first kappa shape index (κ1) is 15.6. The van der Waals surface area contributed by atoms with Crippen LogP contribution in [0.4, 0.5) is 5.69 Å². The van der Waals surface area contributed by atoms with E-state index >= 15 is 0 Å². The predicted molar refractivity (Wildman–Crippen MR) is 78.1 cm³/mol. The number of nitrogens with zero attached hydrogens (tertiary/aromatic N) is 1. The summed E-state index contributed by atoms with van der Waals surface area (Å²) in [7, 11) is -3.38. The molecule has 20 heavy (non-hydrogen) atoms. The molecule has 0 saturated carbocycles. The first-order valence-electron chi connectivity index (χ1n) is 5.87. The zero-order valence-electron chi connectivity index (χ0n) is 10.4. The number of benzene rings is 1. The summed E-state index contributed by atoms with van der Waals surface area (Å²) in [6, 6.07) is 5.67. The number of sulfone groups is 1. The van der Waals surface area contributed by atoms with Gasteiger partial charge < -0.3 is 10.0 Å². The van der Waals surface area contributed by atoms with Gasteiger partial charge in [0.15, 0.2) is 9.84 Å². The minimum Gasteiger partial charge on any atom is -0.390 e. The lowest BCUT2D eigenvalue weighted by Crippen LogP contribution is -2.47. The van der Waals surface area contributed by atoms with E-state index in [-0.39, 0.29) is 17.4 Å². The Morgan fingerprint density at radius 2 is 2.00 bits per heavy atom. The van der Waals surface area contributed by atoms with Gasteiger partial charge in [0.25, 0.3) is 0 Å². The van der Waals surface area contributed by atoms with Crippen LogP contribution in [0.1, 0.15) is 0 Å². The van der Waals surface area contributed by atoms with E-state index in [0.29, 0.717) is 10.7 Å². The van der Waals surface area contributed by atoms with E-state index < -0.39 is 27.9 Å². The number of hydrogen-bond donors (Lipinski definition) is 1. The van der Waals surface area contributed by atoms with Gasteiger partial charge in [0.1, 0.15) is 5.88 Å². The molecule has 0 radical (unpaired) electrons. The van der Waals surface area contributed by atoms with E-state index in [4.69, 9.17) is 23.2 Å². The summed E-state index contributed by atoms with van der Waals surface area (Å²) in [5.74, 6) is -1.49. The van der Waals surface area contributed by atoms with Gasteiger partial charge in [0.05, 0.1) is 34.4 Å². The lowest BCUT2D eigenvalue weighted by atomic mass is 10.1. The first-order valence-corrected chi connectivity index (χ1v) is 8.60. The van der Waals surface area contributed by atoms with Gasteiger partial charge in [-0.1, -0.05) is 23.7 Å². The summed E-state index contributed by atoms with van der Waals surface area (Å²) in [6.07, 6.45) is -1.15. The normalized spacial score (nSPS) is 24.6. The molecule has 8 heteroatoms. The second-order valence-electron chi connectivity index (χ2n) is 4.56. The average molecular weight is 338 g/mol.